The third kappa shape index (κ3) is 6.59. The molecule has 9 nitrogen and oxygen atoms in total. The maximum Gasteiger partial charge on any atom is 0.305 e. The lowest BCUT2D eigenvalue weighted by molar-refractivity contribution is -0.138. The smallest absolute Gasteiger partial charge is 0.305 e. The van der Waals surface area contributed by atoms with E-state index in [1.54, 1.807) is 25.3 Å². The van der Waals surface area contributed by atoms with Crippen LogP contribution in [0.15, 0.2) is 28.4 Å². The average molecular weight is 404 g/mol. The van der Waals surface area contributed by atoms with Crippen molar-refractivity contribution in [1.29, 1.82) is 5.26 Å². The number of thioether (sulfide) groups is 1. The first-order valence-electron chi connectivity index (χ1n) is 8.51. The summed E-state index contributed by atoms with van der Waals surface area (Å²) in [5, 5.41) is 27.2. The molecule has 10 heteroatoms. The molecule has 1 saturated heterocycles. The van der Waals surface area contributed by atoms with Gasteiger partial charge in [0.15, 0.2) is 16.7 Å². The molecule has 2 N–H and O–H groups in total. The first-order valence-corrected chi connectivity index (χ1v) is 9.39. The minimum absolute atomic E-state index is 0.259. The van der Waals surface area contributed by atoms with Gasteiger partial charge in [0.2, 0.25) is 5.91 Å². The molecule has 0 radical (unpaired) electrons. The molecule has 1 aliphatic rings. The van der Waals surface area contributed by atoms with Gasteiger partial charge in [0.25, 0.3) is 0 Å². The highest BCUT2D eigenvalue weighted by atomic mass is 32.2. The second kappa shape index (κ2) is 10.9. The maximum atomic E-state index is 11.7. The SMILES string of the molecule is COc1ccc(C=NN=C2NC(=O)C(CC(=O)O)S2)cc1OCCCCC#N. The lowest BCUT2D eigenvalue weighted by Crippen LogP contribution is -2.26. The molecular weight excluding hydrogens is 384 g/mol. The van der Waals surface area contributed by atoms with Crippen molar-refractivity contribution >= 4 is 35.0 Å². The quantitative estimate of drug-likeness (QED) is 0.347. The fourth-order valence-electron chi connectivity index (χ4n) is 2.27. The average Bonchev–Trinajstić information content (AvgIpc) is 3.00. The van der Waals surface area contributed by atoms with E-state index >= 15 is 0 Å². The molecule has 1 fully saturated rings. The van der Waals surface area contributed by atoms with Crippen molar-refractivity contribution in [3.05, 3.63) is 23.8 Å². The number of ether oxygens (including phenoxy) is 2. The highest BCUT2D eigenvalue weighted by Crippen LogP contribution is 2.28. The van der Waals surface area contributed by atoms with Crippen LogP contribution >= 0.6 is 11.8 Å². The van der Waals surface area contributed by atoms with E-state index in [0.29, 0.717) is 30.1 Å². The molecule has 0 aromatic heterocycles. The van der Waals surface area contributed by atoms with Crippen LogP contribution in [-0.2, 0) is 9.59 Å². The highest BCUT2D eigenvalue weighted by molar-refractivity contribution is 8.15. The van der Waals surface area contributed by atoms with E-state index in [-0.39, 0.29) is 11.6 Å². The van der Waals surface area contributed by atoms with E-state index in [2.05, 4.69) is 21.6 Å². The monoisotopic (exact) mass is 404 g/mol. The van der Waals surface area contributed by atoms with E-state index in [0.717, 1.165) is 24.6 Å². The number of hydrogen-bond donors (Lipinski definition) is 2. The van der Waals surface area contributed by atoms with Crippen molar-refractivity contribution in [1.82, 2.24) is 5.32 Å². The highest BCUT2D eigenvalue weighted by Gasteiger charge is 2.32. The van der Waals surface area contributed by atoms with E-state index in [1.165, 1.54) is 6.21 Å². The van der Waals surface area contributed by atoms with Crippen LogP contribution in [0.4, 0.5) is 0 Å². The summed E-state index contributed by atoms with van der Waals surface area (Å²) < 4.78 is 11.0. The third-order valence-corrected chi connectivity index (χ3v) is 4.69. The summed E-state index contributed by atoms with van der Waals surface area (Å²) >= 11 is 1.04. The van der Waals surface area contributed by atoms with E-state index in [9.17, 15) is 9.59 Å². The Kier molecular flexibility index (Phi) is 8.30. The van der Waals surface area contributed by atoms with Crippen LogP contribution in [-0.4, -0.2) is 47.3 Å². The number of nitriles is 1. The summed E-state index contributed by atoms with van der Waals surface area (Å²) in [6.07, 6.45) is 3.25. The van der Waals surface area contributed by atoms with Crippen LogP contribution in [0, 0.1) is 11.3 Å². The first kappa shape index (κ1) is 21.2. The van der Waals surface area contributed by atoms with Crippen molar-refractivity contribution in [3.8, 4) is 17.6 Å². The zero-order chi connectivity index (χ0) is 20.4. The van der Waals surface area contributed by atoms with Gasteiger partial charge in [-0.15, -0.1) is 5.10 Å². The zero-order valence-corrected chi connectivity index (χ0v) is 16.1. The zero-order valence-electron chi connectivity index (χ0n) is 15.3. The minimum Gasteiger partial charge on any atom is -0.493 e. The van der Waals surface area contributed by atoms with Gasteiger partial charge < -0.3 is 19.9 Å². The predicted octanol–water partition coefficient (Wildman–Crippen LogP) is 2.16. The van der Waals surface area contributed by atoms with Gasteiger partial charge in [-0.25, -0.2) is 0 Å². The number of nitrogens with zero attached hydrogens (tertiary/aromatic N) is 3. The van der Waals surface area contributed by atoms with Gasteiger partial charge in [0, 0.05) is 6.42 Å². The van der Waals surface area contributed by atoms with E-state index in [4.69, 9.17) is 19.8 Å². The molecule has 2 rings (SSSR count). The van der Waals surface area contributed by atoms with Crippen LogP contribution in [0.2, 0.25) is 0 Å². The van der Waals surface area contributed by atoms with Gasteiger partial charge >= 0.3 is 5.97 Å². The first-order chi connectivity index (χ1) is 13.5. The molecule has 1 aliphatic heterocycles. The number of aliphatic carboxylic acids is 1. The number of hydrogen-bond acceptors (Lipinski definition) is 8. The standard InChI is InChI=1S/C18H20N4O5S/c1-26-13-6-5-12(9-14(13)27-8-4-2-3-7-19)11-20-22-18-21-17(25)15(28-18)10-16(23)24/h5-6,9,11,15H,2-4,8,10H2,1H3,(H,23,24)(H,21,22,25). The van der Waals surface area contributed by atoms with E-state index in [1.807, 2.05) is 0 Å². The molecule has 0 spiro atoms. The summed E-state index contributed by atoms with van der Waals surface area (Å²) in [4.78, 5) is 22.4. The number of carbonyl (C=O) groups excluding carboxylic acids is 1. The summed E-state index contributed by atoms with van der Waals surface area (Å²) in [5.74, 6) is -0.298. The topological polar surface area (TPSA) is 133 Å². The largest absolute Gasteiger partial charge is 0.493 e. The van der Waals surface area contributed by atoms with Gasteiger partial charge in [-0.1, -0.05) is 11.8 Å². The van der Waals surface area contributed by atoms with Crippen molar-refractivity contribution in [2.24, 2.45) is 10.2 Å². The van der Waals surface area contributed by atoms with Crippen molar-refractivity contribution in [2.45, 2.75) is 30.9 Å². The Hall–Kier alpha value is -3.06. The fraction of sp³-hybridized carbons (Fsp3) is 0.389. The summed E-state index contributed by atoms with van der Waals surface area (Å²) in [7, 11) is 1.55. The lowest BCUT2D eigenvalue weighted by Gasteiger charge is -2.10. The number of amides is 1. The molecule has 1 amide bonds. The normalized spacial score (nSPS) is 17.5. The molecule has 1 aromatic carbocycles. The number of benzene rings is 1. The Bertz CT molecular complexity index is 819. The Balaban J connectivity index is 1.97. The molecule has 0 bridgehead atoms. The minimum atomic E-state index is -1.05. The van der Waals surface area contributed by atoms with Crippen LogP contribution in [0.25, 0.3) is 0 Å². The number of carbonyl (C=O) groups is 2. The van der Waals surface area contributed by atoms with Crippen molar-refractivity contribution in [2.75, 3.05) is 13.7 Å². The van der Waals surface area contributed by atoms with Gasteiger partial charge in [0.1, 0.15) is 5.25 Å². The Morgan fingerprint density at radius 3 is 2.96 bits per heavy atom. The molecule has 148 valence electrons. The van der Waals surface area contributed by atoms with Crippen LogP contribution in [0.1, 0.15) is 31.2 Å². The second-order valence-corrected chi connectivity index (χ2v) is 6.91. The molecule has 0 aliphatic carbocycles. The third-order valence-electron chi connectivity index (χ3n) is 3.62. The summed E-state index contributed by atoms with van der Waals surface area (Å²) in [6.45, 7) is 0.467. The van der Waals surface area contributed by atoms with Gasteiger partial charge in [-0.3, -0.25) is 9.59 Å². The molecule has 1 aromatic rings. The van der Waals surface area contributed by atoms with Crippen molar-refractivity contribution < 1.29 is 24.2 Å². The molecular formula is C18H20N4O5S. The fourth-order valence-corrected chi connectivity index (χ4v) is 3.18. The number of methoxy groups -OCH3 is 1. The number of unbranched alkanes of at least 4 members (excludes halogenated alkanes) is 2. The molecule has 1 heterocycles. The Morgan fingerprint density at radius 1 is 1.43 bits per heavy atom. The number of nitrogens with one attached hydrogen (secondary N) is 1. The van der Waals surface area contributed by atoms with Crippen molar-refractivity contribution in [3.63, 3.8) is 0 Å². The summed E-state index contributed by atoms with van der Waals surface area (Å²) in [5.41, 5.74) is 0.716. The van der Waals surface area contributed by atoms with Crippen LogP contribution in [0.3, 0.4) is 0 Å². The number of amidine groups is 1. The van der Waals surface area contributed by atoms with Gasteiger partial charge in [0.05, 0.1) is 32.4 Å². The lowest BCUT2D eigenvalue weighted by atomic mass is 10.2. The molecule has 1 unspecified atom stereocenters. The maximum absolute atomic E-state index is 11.7. The number of carboxylic acid groups (broad SMARTS) is 1. The second-order valence-electron chi connectivity index (χ2n) is 5.72. The summed E-state index contributed by atoms with van der Waals surface area (Å²) in [6, 6.07) is 7.36. The van der Waals surface area contributed by atoms with Crippen LogP contribution in [0.5, 0.6) is 11.5 Å². The van der Waals surface area contributed by atoms with Crippen LogP contribution < -0.4 is 14.8 Å². The van der Waals surface area contributed by atoms with Gasteiger partial charge in [-0.05, 0) is 36.6 Å². The Morgan fingerprint density at radius 2 is 2.25 bits per heavy atom. The number of carboxylic acids is 1. The molecule has 1 atom stereocenters. The van der Waals surface area contributed by atoms with E-state index < -0.39 is 17.1 Å². The predicted molar refractivity (Wildman–Crippen MR) is 105 cm³/mol. The van der Waals surface area contributed by atoms with Gasteiger partial charge in [-0.2, -0.15) is 10.4 Å². The Labute approximate surface area is 166 Å². The molecule has 0 saturated carbocycles. The molecule has 28 heavy (non-hydrogen) atoms. The number of rotatable bonds is 10.